The zero-order chi connectivity index (χ0) is 18.5. The lowest BCUT2D eigenvalue weighted by Gasteiger charge is -2.04. The zero-order valence-electron chi connectivity index (χ0n) is 14.8. The van der Waals surface area contributed by atoms with Crippen molar-refractivity contribution >= 4 is 11.6 Å². The van der Waals surface area contributed by atoms with E-state index >= 15 is 0 Å². The van der Waals surface area contributed by atoms with E-state index in [1.54, 1.807) is 6.20 Å². The largest absolute Gasteiger partial charge is 0.307 e. The molecule has 4 aromatic rings. The maximum atomic E-state index is 6.32. The van der Waals surface area contributed by atoms with E-state index in [0.717, 1.165) is 39.6 Å². The van der Waals surface area contributed by atoms with Gasteiger partial charge in [-0.15, -0.1) is 0 Å². The van der Waals surface area contributed by atoms with Crippen molar-refractivity contribution in [2.45, 2.75) is 19.6 Å². The number of H-pyrrole nitrogens is 1. The monoisotopic (exact) mass is 377 g/mol. The Morgan fingerprint density at radius 3 is 2.52 bits per heavy atom. The maximum absolute atomic E-state index is 6.32. The molecule has 4 rings (SSSR count). The van der Waals surface area contributed by atoms with Gasteiger partial charge in [0.05, 0.1) is 12.2 Å². The van der Waals surface area contributed by atoms with E-state index < -0.39 is 0 Å². The Morgan fingerprint density at radius 2 is 1.74 bits per heavy atom. The molecule has 2 aromatic carbocycles. The molecule has 0 saturated carbocycles. The van der Waals surface area contributed by atoms with Gasteiger partial charge in [-0.1, -0.05) is 60.1 Å². The summed E-state index contributed by atoms with van der Waals surface area (Å²) in [5.74, 6) is 0. The van der Waals surface area contributed by atoms with Crippen LogP contribution in [0.2, 0.25) is 5.02 Å². The number of nitrogens with zero attached hydrogens (tertiary/aromatic N) is 3. The van der Waals surface area contributed by atoms with Crippen molar-refractivity contribution in [3.63, 3.8) is 0 Å². The molecule has 0 radical (unpaired) electrons. The predicted octanol–water partition coefficient (Wildman–Crippen LogP) is 4.26. The van der Waals surface area contributed by atoms with Gasteiger partial charge in [0.25, 0.3) is 0 Å². The molecule has 0 unspecified atom stereocenters. The Morgan fingerprint density at radius 1 is 0.926 bits per heavy atom. The van der Waals surface area contributed by atoms with Gasteiger partial charge in [-0.3, -0.25) is 9.78 Å². The van der Waals surface area contributed by atoms with E-state index in [1.807, 2.05) is 53.2 Å². The fourth-order valence-corrected chi connectivity index (χ4v) is 3.22. The fourth-order valence-electron chi connectivity index (χ4n) is 3.03. The summed E-state index contributed by atoms with van der Waals surface area (Å²) < 4.78 is 1.96. The van der Waals surface area contributed by atoms with Crippen LogP contribution >= 0.6 is 11.6 Å². The van der Waals surface area contributed by atoms with E-state index in [9.17, 15) is 0 Å². The number of aromatic nitrogens is 4. The SMILES string of the molecule is Clc1ccccc1Cn1cc(CNCc2ccn[nH]2)c(-c2ccccc2)n1. The van der Waals surface area contributed by atoms with Crippen LogP contribution in [-0.2, 0) is 19.6 Å². The van der Waals surface area contributed by atoms with Gasteiger partial charge >= 0.3 is 0 Å². The maximum Gasteiger partial charge on any atom is 0.0968 e. The van der Waals surface area contributed by atoms with Gasteiger partial charge in [0.1, 0.15) is 0 Å². The number of benzene rings is 2. The van der Waals surface area contributed by atoms with E-state index in [-0.39, 0.29) is 0 Å². The van der Waals surface area contributed by atoms with Crippen LogP contribution in [0.4, 0.5) is 0 Å². The highest BCUT2D eigenvalue weighted by atomic mass is 35.5. The summed E-state index contributed by atoms with van der Waals surface area (Å²) >= 11 is 6.32. The Bertz CT molecular complexity index is 993. The molecule has 5 nitrogen and oxygen atoms in total. The van der Waals surface area contributed by atoms with Gasteiger partial charge in [-0.2, -0.15) is 10.2 Å². The summed E-state index contributed by atoms with van der Waals surface area (Å²) in [6, 6.07) is 20.1. The topological polar surface area (TPSA) is 58.5 Å². The van der Waals surface area contributed by atoms with Crippen molar-refractivity contribution in [1.29, 1.82) is 0 Å². The fraction of sp³-hybridized carbons (Fsp3) is 0.143. The highest BCUT2D eigenvalue weighted by Gasteiger charge is 2.12. The minimum atomic E-state index is 0.639. The molecule has 2 heterocycles. The van der Waals surface area contributed by atoms with E-state index in [4.69, 9.17) is 16.7 Å². The molecule has 0 saturated heterocycles. The van der Waals surface area contributed by atoms with Gasteiger partial charge in [0.15, 0.2) is 0 Å². The molecule has 27 heavy (non-hydrogen) atoms. The van der Waals surface area contributed by atoms with Crippen LogP contribution in [-0.4, -0.2) is 20.0 Å². The average Bonchev–Trinajstić information content (AvgIpc) is 3.35. The predicted molar refractivity (Wildman–Crippen MR) is 107 cm³/mol. The van der Waals surface area contributed by atoms with Crippen molar-refractivity contribution in [2.75, 3.05) is 0 Å². The van der Waals surface area contributed by atoms with Crippen LogP contribution < -0.4 is 5.32 Å². The van der Waals surface area contributed by atoms with Crippen LogP contribution in [0, 0.1) is 0 Å². The molecule has 0 amide bonds. The molecular weight excluding hydrogens is 358 g/mol. The minimum absolute atomic E-state index is 0.639. The molecule has 0 aliphatic heterocycles. The van der Waals surface area contributed by atoms with Crippen molar-refractivity contribution in [3.8, 4) is 11.3 Å². The van der Waals surface area contributed by atoms with Gasteiger partial charge in [-0.25, -0.2) is 0 Å². The quantitative estimate of drug-likeness (QED) is 0.505. The summed E-state index contributed by atoms with van der Waals surface area (Å²) in [4.78, 5) is 0. The minimum Gasteiger partial charge on any atom is -0.307 e. The molecule has 0 bridgehead atoms. The molecule has 0 aliphatic rings. The third-order valence-corrected chi connectivity index (χ3v) is 4.73. The van der Waals surface area contributed by atoms with Crippen LogP contribution in [0.1, 0.15) is 16.8 Å². The van der Waals surface area contributed by atoms with Gasteiger partial charge in [0.2, 0.25) is 0 Å². The Labute approximate surface area is 163 Å². The lowest BCUT2D eigenvalue weighted by Crippen LogP contribution is -2.13. The van der Waals surface area contributed by atoms with E-state index in [0.29, 0.717) is 13.1 Å². The molecule has 0 fully saturated rings. The Kier molecular flexibility index (Phi) is 5.32. The number of rotatable bonds is 7. The normalized spacial score (nSPS) is 11.0. The number of halogens is 1. The summed E-state index contributed by atoms with van der Waals surface area (Å²) in [6.07, 6.45) is 3.85. The third kappa shape index (κ3) is 4.27. The standard InChI is InChI=1S/C21H20ClN5/c22-20-9-5-4-8-17(20)14-27-15-18(12-23-13-19-10-11-24-25-19)21(26-27)16-6-2-1-3-7-16/h1-11,15,23H,12-14H2,(H,24,25). The lowest BCUT2D eigenvalue weighted by atomic mass is 10.1. The van der Waals surface area contributed by atoms with Crippen LogP contribution in [0.3, 0.4) is 0 Å². The van der Waals surface area contributed by atoms with E-state index in [1.165, 1.54) is 0 Å². The molecule has 6 heteroatoms. The summed E-state index contributed by atoms with van der Waals surface area (Å²) in [5, 5.41) is 16.0. The van der Waals surface area contributed by atoms with Gasteiger partial charge < -0.3 is 5.32 Å². The Balaban J connectivity index is 1.57. The molecular formula is C21H20ClN5. The first-order chi connectivity index (χ1) is 13.3. The number of hydrogen-bond acceptors (Lipinski definition) is 3. The molecule has 136 valence electrons. The van der Waals surface area contributed by atoms with Crippen molar-refractivity contribution < 1.29 is 0 Å². The number of hydrogen-bond donors (Lipinski definition) is 2. The Hall–Kier alpha value is -2.89. The lowest BCUT2D eigenvalue weighted by molar-refractivity contribution is 0.669. The highest BCUT2D eigenvalue weighted by molar-refractivity contribution is 6.31. The van der Waals surface area contributed by atoms with E-state index in [2.05, 4.69) is 33.8 Å². The van der Waals surface area contributed by atoms with Crippen molar-refractivity contribution in [2.24, 2.45) is 0 Å². The summed E-state index contributed by atoms with van der Waals surface area (Å²) in [6.45, 7) is 2.08. The first-order valence-electron chi connectivity index (χ1n) is 8.84. The number of nitrogens with one attached hydrogen (secondary N) is 2. The molecule has 0 aliphatic carbocycles. The first-order valence-corrected chi connectivity index (χ1v) is 9.21. The van der Waals surface area contributed by atoms with Gasteiger partial charge in [0, 0.05) is 47.3 Å². The van der Waals surface area contributed by atoms with Crippen LogP contribution in [0.5, 0.6) is 0 Å². The first kappa shape index (κ1) is 17.5. The molecule has 0 spiro atoms. The average molecular weight is 378 g/mol. The molecule has 0 atom stereocenters. The van der Waals surface area contributed by atoms with Crippen molar-refractivity contribution in [1.82, 2.24) is 25.3 Å². The second-order valence-corrected chi connectivity index (χ2v) is 6.75. The molecule has 2 aromatic heterocycles. The number of aromatic amines is 1. The second-order valence-electron chi connectivity index (χ2n) is 6.34. The second kappa shape index (κ2) is 8.20. The summed E-state index contributed by atoms with van der Waals surface area (Å²) in [5.41, 5.74) is 5.35. The van der Waals surface area contributed by atoms with Crippen LogP contribution in [0.25, 0.3) is 11.3 Å². The smallest absolute Gasteiger partial charge is 0.0968 e. The van der Waals surface area contributed by atoms with Crippen LogP contribution in [0.15, 0.2) is 73.1 Å². The third-order valence-electron chi connectivity index (χ3n) is 4.36. The van der Waals surface area contributed by atoms with Gasteiger partial charge in [-0.05, 0) is 17.7 Å². The molecule has 2 N–H and O–H groups in total. The zero-order valence-corrected chi connectivity index (χ0v) is 15.5. The van der Waals surface area contributed by atoms with Crippen molar-refractivity contribution in [3.05, 3.63) is 94.9 Å². The highest BCUT2D eigenvalue weighted by Crippen LogP contribution is 2.23. The summed E-state index contributed by atoms with van der Waals surface area (Å²) in [7, 11) is 0.